The highest BCUT2D eigenvalue weighted by Gasteiger charge is 2.15. The van der Waals surface area contributed by atoms with Crippen molar-refractivity contribution < 1.29 is 0 Å². The zero-order valence-electron chi connectivity index (χ0n) is 13.0. The maximum Gasteiger partial charge on any atom is 0.116 e. The number of hydrogen-bond donors (Lipinski definition) is 1. The van der Waals surface area contributed by atoms with Crippen molar-refractivity contribution in [3.05, 3.63) is 30.1 Å². The van der Waals surface area contributed by atoms with Crippen molar-refractivity contribution >= 4 is 28.2 Å². The highest BCUT2D eigenvalue weighted by Crippen LogP contribution is 2.22. The number of rotatable bonds is 8. The fraction of sp³-hybridized carbons (Fsp3) is 0.529. The van der Waals surface area contributed by atoms with Crippen LogP contribution >= 0.6 is 12.2 Å². The fourth-order valence-corrected chi connectivity index (χ4v) is 2.92. The number of aromatic nitrogens is 2. The van der Waals surface area contributed by atoms with E-state index in [9.17, 15) is 0 Å². The molecule has 114 valence electrons. The third kappa shape index (κ3) is 4.03. The van der Waals surface area contributed by atoms with Gasteiger partial charge in [-0.2, -0.15) is 0 Å². The van der Waals surface area contributed by atoms with Gasteiger partial charge in [-0.3, -0.25) is 0 Å². The van der Waals surface area contributed by atoms with E-state index in [1.807, 2.05) is 6.07 Å². The summed E-state index contributed by atoms with van der Waals surface area (Å²) in [6.45, 7) is 5.53. The molecule has 3 nitrogen and oxygen atoms in total. The number of imidazole rings is 1. The molecule has 0 bridgehead atoms. The third-order valence-corrected chi connectivity index (χ3v) is 4.19. The molecule has 0 saturated heterocycles. The molecule has 1 atom stereocenters. The predicted octanol–water partition coefficient (Wildman–Crippen LogP) is 4.08. The summed E-state index contributed by atoms with van der Waals surface area (Å²) in [4.78, 5) is 5.22. The maximum absolute atomic E-state index is 5.74. The molecule has 0 radical (unpaired) electrons. The molecule has 2 aromatic rings. The minimum Gasteiger partial charge on any atom is -0.393 e. The first-order valence-electron chi connectivity index (χ1n) is 7.88. The summed E-state index contributed by atoms with van der Waals surface area (Å²) < 4.78 is 2.32. The van der Waals surface area contributed by atoms with E-state index < -0.39 is 0 Å². The first kappa shape index (κ1) is 16.0. The van der Waals surface area contributed by atoms with Crippen LogP contribution in [-0.2, 0) is 13.0 Å². The number of fused-ring (bicyclic) bond motifs is 1. The van der Waals surface area contributed by atoms with Crippen molar-refractivity contribution in [2.75, 3.05) is 0 Å². The summed E-state index contributed by atoms with van der Waals surface area (Å²) in [7, 11) is 0. The molecule has 0 aliphatic heterocycles. The normalized spacial score (nSPS) is 12.7. The van der Waals surface area contributed by atoms with E-state index in [0.29, 0.717) is 17.3 Å². The second-order valence-electron chi connectivity index (χ2n) is 5.69. The van der Waals surface area contributed by atoms with Gasteiger partial charge in [-0.05, 0) is 24.5 Å². The highest BCUT2D eigenvalue weighted by molar-refractivity contribution is 7.80. The molecule has 0 fully saturated rings. The van der Waals surface area contributed by atoms with Crippen LogP contribution in [0.1, 0.15) is 45.4 Å². The summed E-state index contributed by atoms with van der Waals surface area (Å²) in [6, 6.07) is 8.29. The van der Waals surface area contributed by atoms with Crippen LogP contribution in [0.3, 0.4) is 0 Å². The standard InChI is InChI=1S/C17H25N3S/c1-3-5-8-13(4-2)12-20-15-10-7-6-9-14(15)19-17(20)11-16(18)21/h6-7,9-10,13H,3-5,8,11-12H2,1-2H3,(H2,18,21). The first-order chi connectivity index (χ1) is 10.2. The molecule has 2 rings (SSSR count). The van der Waals surface area contributed by atoms with Crippen molar-refractivity contribution in [3.8, 4) is 0 Å². The molecule has 0 spiro atoms. The van der Waals surface area contributed by atoms with E-state index in [0.717, 1.165) is 17.9 Å². The van der Waals surface area contributed by atoms with Gasteiger partial charge in [0, 0.05) is 6.54 Å². The summed E-state index contributed by atoms with van der Waals surface area (Å²) in [5, 5.41) is 0. The smallest absolute Gasteiger partial charge is 0.116 e. The lowest BCUT2D eigenvalue weighted by Gasteiger charge is -2.17. The van der Waals surface area contributed by atoms with Gasteiger partial charge >= 0.3 is 0 Å². The van der Waals surface area contributed by atoms with Crippen LogP contribution in [-0.4, -0.2) is 14.5 Å². The largest absolute Gasteiger partial charge is 0.393 e. The molecule has 21 heavy (non-hydrogen) atoms. The fourth-order valence-electron chi connectivity index (χ4n) is 2.80. The molecule has 0 saturated carbocycles. The Balaban J connectivity index is 2.32. The maximum atomic E-state index is 5.74. The third-order valence-electron chi connectivity index (χ3n) is 4.05. The van der Waals surface area contributed by atoms with E-state index >= 15 is 0 Å². The van der Waals surface area contributed by atoms with Crippen molar-refractivity contribution in [2.45, 2.75) is 52.5 Å². The Bertz CT molecular complexity index is 603. The molecule has 0 amide bonds. The van der Waals surface area contributed by atoms with Crippen LogP contribution in [0.25, 0.3) is 11.0 Å². The molecule has 1 aromatic carbocycles. The van der Waals surface area contributed by atoms with Crippen LogP contribution in [0.5, 0.6) is 0 Å². The quantitative estimate of drug-likeness (QED) is 0.747. The zero-order valence-corrected chi connectivity index (χ0v) is 13.8. The van der Waals surface area contributed by atoms with Crippen LogP contribution < -0.4 is 5.73 Å². The van der Waals surface area contributed by atoms with Gasteiger partial charge in [0.05, 0.1) is 22.4 Å². The number of benzene rings is 1. The lowest BCUT2D eigenvalue weighted by molar-refractivity contribution is 0.391. The van der Waals surface area contributed by atoms with Gasteiger partial charge in [0.15, 0.2) is 0 Å². The van der Waals surface area contributed by atoms with Gasteiger partial charge in [0.1, 0.15) is 5.82 Å². The summed E-state index contributed by atoms with van der Waals surface area (Å²) in [5.74, 6) is 1.69. The Morgan fingerprint density at radius 1 is 1.33 bits per heavy atom. The number of nitrogens with two attached hydrogens (primary N) is 1. The van der Waals surface area contributed by atoms with E-state index in [1.165, 1.54) is 31.2 Å². The van der Waals surface area contributed by atoms with E-state index in [4.69, 9.17) is 22.9 Å². The summed E-state index contributed by atoms with van der Waals surface area (Å²) in [5.41, 5.74) is 7.97. The van der Waals surface area contributed by atoms with Gasteiger partial charge < -0.3 is 10.3 Å². The van der Waals surface area contributed by atoms with Crippen LogP contribution in [0.2, 0.25) is 0 Å². The van der Waals surface area contributed by atoms with E-state index in [-0.39, 0.29) is 0 Å². The molecule has 1 aromatic heterocycles. The average molecular weight is 303 g/mol. The van der Waals surface area contributed by atoms with Crippen molar-refractivity contribution in [2.24, 2.45) is 11.7 Å². The Morgan fingerprint density at radius 3 is 2.76 bits per heavy atom. The Labute approximate surface area is 132 Å². The van der Waals surface area contributed by atoms with E-state index in [2.05, 4.69) is 36.6 Å². The van der Waals surface area contributed by atoms with Crippen molar-refractivity contribution in [1.82, 2.24) is 9.55 Å². The summed E-state index contributed by atoms with van der Waals surface area (Å²) >= 11 is 5.08. The zero-order chi connectivity index (χ0) is 15.2. The SMILES string of the molecule is CCCCC(CC)Cn1c(CC(N)=S)nc2ccccc21. The van der Waals surface area contributed by atoms with Crippen molar-refractivity contribution in [1.29, 1.82) is 0 Å². The van der Waals surface area contributed by atoms with Crippen LogP contribution in [0.15, 0.2) is 24.3 Å². The summed E-state index contributed by atoms with van der Waals surface area (Å²) in [6.07, 6.45) is 5.58. The number of hydrogen-bond acceptors (Lipinski definition) is 2. The Kier molecular flexibility index (Phi) is 5.74. The molecular weight excluding hydrogens is 278 g/mol. The highest BCUT2D eigenvalue weighted by atomic mass is 32.1. The average Bonchev–Trinajstić information content (AvgIpc) is 2.80. The number of nitrogens with zero attached hydrogens (tertiary/aromatic N) is 2. The topological polar surface area (TPSA) is 43.8 Å². The molecular formula is C17H25N3S. The second kappa shape index (κ2) is 7.55. The van der Waals surface area contributed by atoms with Crippen molar-refractivity contribution in [3.63, 3.8) is 0 Å². The molecule has 0 aliphatic rings. The van der Waals surface area contributed by atoms with Gasteiger partial charge in [-0.25, -0.2) is 4.98 Å². The minimum atomic E-state index is 0.508. The van der Waals surface area contributed by atoms with Crippen LogP contribution in [0.4, 0.5) is 0 Å². The Hall–Kier alpha value is -1.42. The lowest BCUT2D eigenvalue weighted by atomic mass is 9.99. The molecule has 1 unspecified atom stereocenters. The van der Waals surface area contributed by atoms with Gasteiger partial charge in [0.2, 0.25) is 0 Å². The molecule has 0 aliphatic carbocycles. The minimum absolute atomic E-state index is 0.508. The number of thiocarbonyl (C=S) groups is 1. The second-order valence-corrected chi connectivity index (χ2v) is 6.21. The molecule has 2 N–H and O–H groups in total. The van der Waals surface area contributed by atoms with Gasteiger partial charge in [-0.15, -0.1) is 0 Å². The molecule has 1 heterocycles. The van der Waals surface area contributed by atoms with Gasteiger partial charge in [-0.1, -0.05) is 57.5 Å². The monoisotopic (exact) mass is 303 g/mol. The number of para-hydroxylation sites is 2. The number of unbranched alkanes of at least 4 members (excludes halogenated alkanes) is 1. The predicted molar refractivity (Wildman–Crippen MR) is 93.5 cm³/mol. The van der Waals surface area contributed by atoms with E-state index in [1.54, 1.807) is 0 Å². The molecule has 4 heteroatoms. The van der Waals surface area contributed by atoms with Crippen LogP contribution in [0, 0.1) is 5.92 Å². The first-order valence-corrected chi connectivity index (χ1v) is 8.29. The van der Waals surface area contributed by atoms with Gasteiger partial charge in [0.25, 0.3) is 0 Å². The lowest BCUT2D eigenvalue weighted by Crippen LogP contribution is -2.18. The Morgan fingerprint density at radius 2 is 2.10 bits per heavy atom.